The summed E-state index contributed by atoms with van der Waals surface area (Å²) in [6.45, 7) is 6.49. The van der Waals surface area contributed by atoms with Crippen molar-refractivity contribution in [3.8, 4) is 17.2 Å². The molecule has 1 aliphatic rings. The van der Waals surface area contributed by atoms with Gasteiger partial charge in [-0.2, -0.15) is 0 Å². The molecule has 0 radical (unpaired) electrons. The Kier molecular flexibility index (Phi) is 12.0. The summed E-state index contributed by atoms with van der Waals surface area (Å²) < 4.78 is 0. The minimum Gasteiger partial charge on any atom is -0.508 e. The molecule has 8 heteroatoms. The molecular weight excluding hydrogens is 526 g/mol. The van der Waals surface area contributed by atoms with E-state index in [2.05, 4.69) is 28.0 Å². The van der Waals surface area contributed by atoms with Gasteiger partial charge in [-0.05, 0) is 118 Å². The second-order valence-electron chi connectivity index (χ2n) is 11.7. The number of nitrogens with two attached hydrogens (primary N) is 3. The largest absolute Gasteiger partial charge is 0.508 e. The standard InChI is InChI=1S/C34H49N5O3/c35-12-7-25-1-4-32(40)29(19-25)20-28-10-15-38(23-30-21-26(8-13-36)2-5-33(30)41)17-18-39(16-11-28)24-31-22-27(9-14-37)3-6-34(31)42/h1-6,19,21-22,28,40-42H,7-18,20,23-24,35-37H2. The van der Waals surface area contributed by atoms with Crippen molar-refractivity contribution in [1.29, 1.82) is 0 Å². The summed E-state index contributed by atoms with van der Waals surface area (Å²) in [6, 6.07) is 17.4. The van der Waals surface area contributed by atoms with Crippen LogP contribution >= 0.6 is 0 Å². The Morgan fingerprint density at radius 2 is 0.929 bits per heavy atom. The lowest BCUT2D eigenvalue weighted by molar-refractivity contribution is 0.202. The minimum atomic E-state index is 0.312. The fraction of sp³-hybridized carbons (Fsp3) is 0.471. The number of phenols is 3. The number of hydrogen-bond acceptors (Lipinski definition) is 8. The van der Waals surface area contributed by atoms with E-state index < -0.39 is 0 Å². The maximum Gasteiger partial charge on any atom is 0.120 e. The second kappa shape index (κ2) is 15.9. The van der Waals surface area contributed by atoms with Crippen LogP contribution in [0, 0.1) is 5.92 Å². The summed E-state index contributed by atoms with van der Waals surface area (Å²) in [5, 5.41) is 32.0. The van der Waals surface area contributed by atoms with Gasteiger partial charge in [-0.15, -0.1) is 0 Å². The Labute approximate surface area is 250 Å². The van der Waals surface area contributed by atoms with E-state index in [9.17, 15) is 15.3 Å². The van der Waals surface area contributed by atoms with Crippen LogP contribution in [-0.4, -0.2) is 70.9 Å². The van der Waals surface area contributed by atoms with Crippen molar-refractivity contribution in [2.45, 2.75) is 51.6 Å². The lowest BCUT2D eigenvalue weighted by atomic mass is 9.91. The number of rotatable bonds is 12. The van der Waals surface area contributed by atoms with Gasteiger partial charge in [0.05, 0.1) is 0 Å². The van der Waals surface area contributed by atoms with E-state index in [1.54, 1.807) is 18.2 Å². The molecule has 0 spiro atoms. The van der Waals surface area contributed by atoms with Crippen LogP contribution in [0.25, 0.3) is 0 Å². The molecule has 1 heterocycles. The van der Waals surface area contributed by atoms with Crippen LogP contribution in [0.15, 0.2) is 54.6 Å². The van der Waals surface area contributed by atoms with E-state index in [0.717, 1.165) is 98.1 Å². The first kappa shape index (κ1) is 31.8. The molecule has 3 aromatic rings. The second-order valence-corrected chi connectivity index (χ2v) is 11.7. The predicted molar refractivity (Wildman–Crippen MR) is 170 cm³/mol. The normalized spacial score (nSPS) is 15.8. The van der Waals surface area contributed by atoms with Crippen molar-refractivity contribution < 1.29 is 15.3 Å². The van der Waals surface area contributed by atoms with Crippen LogP contribution in [-0.2, 0) is 38.8 Å². The van der Waals surface area contributed by atoms with Crippen molar-refractivity contribution in [1.82, 2.24) is 9.80 Å². The molecule has 0 aliphatic carbocycles. The lowest BCUT2D eigenvalue weighted by Gasteiger charge is -2.27. The highest BCUT2D eigenvalue weighted by molar-refractivity contribution is 5.38. The summed E-state index contributed by atoms with van der Waals surface area (Å²) in [5.74, 6) is 1.33. The first-order valence-corrected chi connectivity index (χ1v) is 15.4. The van der Waals surface area contributed by atoms with Crippen LogP contribution < -0.4 is 17.2 Å². The fourth-order valence-electron chi connectivity index (χ4n) is 5.99. The van der Waals surface area contributed by atoms with Crippen LogP contribution in [0.2, 0.25) is 0 Å². The zero-order valence-electron chi connectivity index (χ0n) is 24.8. The van der Waals surface area contributed by atoms with Gasteiger partial charge >= 0.3 is 0 Å². The van der Waals surface area contributed by atoms with Crippen LogP contribution in [0.4, 0.5) is 0 Å². The molecule has 0 aromatic heterocycles. The summed E-state index contributed by atoms with van der Waals surface area (Å²) in [5.41, 5.74) is 23.6. The molecule has 9 N–H and O–H groups in total. The van der Waals surface area contributed by atoms with Gasteiger partial charge in [0.2, 0.25) is 0 Å². The van der Waals surface area contributed by atoms with Crippen LogP contribution in [0.5, 0.6) is 17.2 Å². The topological polar surface area (TPSA) is 145 Å². The lowest BCUT2D eigenvalue weighted by Crippen LogP contribution is -2.34. The van der Waals surface area contributed by atoms with E-state index in [1.165, 1.54) is 0 Å². The predicted octanol–water partition coefficient (Wildman–Crippen LogP) is 3.26. The third kappa shape index (κ3) is 9.18. The SMILES string of the molecule is NCCc1ccc(O)c(CC2CCN(Cc3cc(CCN)ccc3O)CCN(Cc3cc(CCN)ccc3O)CC2)c1. The average Bonchev–Trinajstić information content (AvgIpc) is 3.06. The third-order valence-corrected chi connectivity index (χ3v) is 8.47. The van der Waals surface area contributed by atoms with Crippen molar-refractivity contribution in [2.24, 2.45) is 23.1 Å². The molecule has 0 unspecified atom stereocenters. The molecule has 3 aromatic carbocycles. The van der Waals surface area contributed by atoms with Gasteiger partial charge in [0.25, 0.3) is 0 Å². The highest BCUT2D eigenvalue weighted by Crippen LogP contribution is 2.28. The minimum absolute atomic E-state index is 0.312. The van der Waals surface area contributed by atoms with Crippen molar-refractivity contribution in [3.05, 3.63) is 88.0 Å². The highest BCUT2D eigenvalue weighted by atomic mass is 16.3. The first-order chi connectivity index (χ1) is 20.4. The molecule has 1 fully saturated rings. The average molecular weight is 576 g/mol. The highest BCUT2D eigenvalue weighted by Gasteiger charge is 2.21. The van der Waals surface area contributed by atoms with E-state index in [0.29, 0.717) is 55.9 Å². The first-order valence-electron chi connectivity index (χ1n) is 15.4. The Balaban J connectivity index is 1.56. The monoisotopic (exact) mass is 575 g/mol. The number of hydrogen-bond donors (Lipinski definition) is 6. The molecule has 8 nitrogen and oxygen atoms in total. The number of phenolic OH excluding ortho intramolecular Hbond substituents is 3. The van der Waals surface area contributed by atoms with Gasteiger partial charge in [-0.25, -0.2) is 0 Å². The summed E-state index contributed by atoms with van der Waals surface area (Å²) in [6.07, 6.45) is 5.11. The number of aromatic hydroxyl groups is 3. The van der Waals surface area contributed by atoms with Crippen LogP contribution in [0.3, 0.4) is 0 Å². The maximum atomic E-state index is 10.7. The molecule has 1 aliphatic heterocycles. The molecule has 0 amide bonds. The van der Waals surface area contributed by atoms with Gasteiger partial charge in [0.1, 0.15) is 17.2 Å². The Hall–Kier alpha value is -3.14. The summed E-state index contributed by atoms with van der Waals surface area (Å²) >= 11 is 0. The summed E-state index contributed by atoms with van der Waals surface area (Å²) in [4.78, 5) is 4.84. The fourth-order valence-corrected chi connectivity index (χ4v) is 5.99. The van der Waals surface area contributed by atoms with Crippen LogP contribution in [0.1, 0.15) is 46.2 Å². The molecule has 0 atom stereocenters. The molecule has 0 saturated carbocycles. The quantitative estimate of drug-likeness (QED) is 0.193. The van der Waals surface area contributed by atoms with Gasteiger partial charge < -0.3 is 32.5 Å². The summed E-state index contributed by atoms with van der Waals surface area (Å²) in [7, 11) is 0. The Bertz CT molecular complexity index is 1120. The molecule has 4 rings (SSSR count). The Morgan fingerprint density at radius 1 is 0.548 bits per heavy atom. The van der Waals surface area contributed by atoms with E-state index in [4.69, 9.17) is 17.2 Å². The number of benzene rings is 3. The van der Waals surface area contributed by atoms with Gasteiger partial charge in [0, 0.05) is 37.3 Å². The maximum absolute atomic E-state index is 10.7. The van der Waals surface area contributed by atoms with Crippen molar-refractivity contribution >= 4 is 0 Å². The van der Waals surface area contributed by atoms with Gasteiger partial charge in [-0.1, -0.05) is 36.4 Å². The Morgan fingerprint density at radius 3 is 1.33 bits per heavy atom. The third-order valence-electron chi connectivity index (χ3n) is 8.47. The molecule has 1 saturated heterocycles. The van der Waals surface area contributed by atoms with Crippen molar-refractivity contribution in [2.75, 3.05) is 45.8 Å². The molecule has 228 valence electrons. The smallest absolute Gasteiger partial charge is 0.120 e. The van der Waals surface area contributed by atoms with E-state index >= 15 is 0 Å². The van der Waals surface area contributed by atoms with E-state index in [-0.39, 0.29) is 0 Å². The zero-order chi connectivity index (χ0) is 29.9. The van der Waals surface area contributed by atoms with E-state index in [1.807, 2.05) is 18.2 Å². The van der Waals surface area contributed by atoms with Crippen molar-refractivity contribution in [3.63, 3.8) is 0 Å². The zero-order valence-corrected chi connectivity index (χ0v) is 24.8. The van der Waals surface area contributed by atoms with Gasteiger partial charge in [-0.3, -0.25) is 9.80 Å². The molecular formula is C34H49N5O3. The number of nitrogens with zero attached hydrogens (tertiary/aromatic N) is 2. The molecule has 42 heavy (non-hydrogen) atoms. The molecule has 0 bridgehead atoms. The van der Waals surface area contributed by atoms with Gasteiger partial charge in [0.15, 0.2) is 0 Å².